The third kappa shape index (κ3) is 3.59. The molecular weight excluding hydrogens is 278 g/mol. The van der Waals surface area contributed by atoms with Gasteiger partial charge in [-0.3, -0.25) is 4.68 Å². The van der Waals surface area contributed by atoms with Crippen LogP contribution < -0.4 is 5.32 Å². The van der Waals surface area contributed by atoms with E-state index in [0.717, 1.165) is 23.7 Å². The lowest BCUT2D eigenvalue weighted by Crippen LogP contribution is -2.24. The number of rotatable bonds is 6. The first kappa shape index (κ1) is 14.6. The second-order valence-electron chi connectivity index (χ2n) is 4.73. The van der Waals surface area contributed by atoms with E-state index in [4.69, 9.17) is 11.6 Å². The van der Waals surface area contributed by atoms with Crippen LogP contribution in [-0.4, -0.2) is 16.3 Å². The standard InChI is InChI=1S/C14H20ClN3S/c1-4-7-16-13(8-11-5-6-14(15)19-11)12-9-17-18(3)10(12)2/h5-6,9,13,16H,4,7-8H2,1-3H3. The molecule has 5 heteroatoms. The summed E-state index contributed by atoms with van der Waals surface area (Å²) in [4.78, 5) is 1.31. The molecule has 0 saturated carbocycles. The number of halogens is 1. The van der Waals surface area contributed by atoms with Crippen molar-refractivity contribution in [1.82, 2.24) is 15.1 Å². The maximum absolute atomic E-state index is 6.01. The van der Waals surface area contributed by atoms with Gasteiger partial charge in [0.25, 0.3) is 0 Å². The largest absolute Gasteiger partial charge is 0.310 e. The quantitative estimate of drug-likeness (QED) is 0.880. The molecule has 2 aromatic rings. The van der Waals surface area contributed by atoms with Crippen molar-refractivity contribution in [3.63, 3.8) is 0 Å². The van der Waals surface area contributed by atoms with Crippen molar-refractivity contribution in [2.24, 2.45) is 7.05 Å². The van der Waals surface area contributed by atoms with Crippen LogP contribution >= 0.6 is 22.9 Å². The van der Waals surface area contributed by atoms with Crippen LogP contribution in [0.15, 0.2) is 18.3 Å². The second-order valence-corrected chi connectivity index (χ2v) is 6.53. The molecule has 0 fully saturated rings. The van der Waals surface area contributed by atoms with Crippen LogP contribution in [0.3, 0.4) is 0 Å². The van der Waals surface area contributed by atoms with Crippen LogP contribution in [0.2, 0.25) is 4.34 Å². The van der Waals surface area contributed by atoms with Gasteiger partial charge in [-0.05, 0) is 32.0 Å². The number of thiophene rings is 1. The van der Waals surface area contributed by atoms with Gasteiger partial charge in [0.15, 0.2) is 0 Å². The Balaban J connectivity index is 2.18. The molecule has 3 nitrogen and oxygen atoms in total. The average Bonchev–Trinajstić information content (AvgIpc) is 2.93. The van der Waals surface area contributed by atoms with E-state index in [1.54, 1.807) is 11.3 Å². The maximum Gasteiger partial charge on any atom is 0.0931 e. The third-order valence-corrected chi connectivity index (χ3v) is 4.58. The fourth-order valence-corrected chi connectivity index (χ4v) is 3.26. The summed E-state index contributed by atoms with van der Waals surface area (Å²) in [6, 6.07) is 4.39. The van der Waals surface area contributed by atoms with Crippen LogP contribution in [0.5, 0.6) is 0 Å². The molecule has 0 radical (unpaired) electrons. The zero-order chi connectivity index (χ0) is 13.8. The molecule has 0 bridgehead atoms. The minimum atomic E-state index is 0.309. The van der Waals surface area contributed by atoms with Gasteiger partial charge in [-0.15, -0.1) is 11.3 Å². The Kier molecular flexibility index (Phi) is 5.02. The second kappa shape index (κ2) is 6.55. The van der Waals surface area contributed by atoms with Gasteiger partial charge < -0.3 is 5.32 Å². The molecule has 0 aliphatic rings. The van der Waals surface area contributed by atoms with Crippen molar-refractivity contribution in [2.45, 2.75) is 32.7 Å². The fraction of sp³-hybridized carbons (Fsp3) is 0.500. The molecule has 104 valence electrons. The SMILES string of the molecule is CCCNC(Cc1ccc(Cl)s1)c1cnn(C)c1C. The maximum atomic E-state index is 6.01. The van der Waals surface area contributed by atoms with Crippen molar-refractivity contribution in [2.75, 3.05) is 6.54 Å². The van der Waals surface area contributed by atoms with E-state index < -0.39 is 0 Å². The molecule has 0 aromatic carbocycles. The normalized spacial score (nSPS) is 12.8. The predicted octanol–water partition coefficient (Wildman–Crippen LogP) is 3.73. The van der Waals surface area contributed by atoms with Gasteiger partial charge in [0.1, 0.15) is 0 Å². The molecule has 2 heterocycles. The lowest BCUT2D eigenvalue weighted by molar-refractivity contribution is 0.529. The highest BCUT2D eigenvalue weighted by atomic mass is 35.5. The molecule has 0 amide bonds. The van der Waals surface area contributed by atoms with Crippen LogP contribution in [0, 0.1) is 6.92 Å². The first-order chi connectivity index (χ1) is 9.11. The van der Waals surface area contributed by atoms with E-state index >= 15 is 0 Å². The highest BCUT2D eigenvalue weighted by molar-refractivity contribution is 7.16. The summed E-state index contributed by atoms with van der Waals surface area (Å²) >= 11 is 7.67. The van der Waals surface area contributed by atoms with Gasteiger partial charge in [0.2, 0.25) is 0 Å². The molecule has 2 aromatic heterocycles. The lowest BCUT2D eigenvalue weighted by atomic mass is 10.0. The first-order valence-corrected chi connectivity index (χ1v) is 7.77. The first-order valence-electron chi connectivity index (χ1n) is 6.58. The molecule has 0 aliphatic carbocycles. The molecule has 19 heavy (non-hydrogen) atoms. The highest BCUT2D eigenvalue weighted by Gasteiger charge is 2.17. The van der Waals surface area contributed by atoms with Crippen molar-refractivity contribution in [1.29, 1.82) is 0 Å². The molecule has 1 atom stereocenters. The molecule has 1 N–H and O–H groups in total. The molecule has 0 spiro atoms. The van der Waals surface area contributed by atoms with E-state index in [9.17, 15) is 0 Å². The molecule has 2 rings (SSSR count). The van der Waals surface area contributed by atoms with Crippen LogP contribution in [-0.2, 0) is 13.5 Å². The Morgan fingerprint density at radius 2 is 2.26 bits per heavy atom. The number of nitrogens with one attached hydrogen (secondary N) is 1. The predicted molar refractivity (Wildman–Crippen MR) is 82.0 cm³/mol. The molecular formula is C14H20ClN3S. The molecule has 0 saturated heterocycles. The van der Waals surface area contributed by atoms with E-state index in [1.165, 1.54) is 16.1 Å². The van der Waals surface area contributed by atoms with Crippen LogP contribution in [0.25, 0.3) is 0 Å². The number of hydrogen-bond acceptors (Lipinski definition) is 3. The number of aromatic nitrogens is 2. The smallest absolute Gasteiger partial charge is 0.0931 e. The summed E-state index contributed by atoms with van der Waals surface area (Å²) in [7, 11) is 1.98. The zero-order valence-electron chi connectivity index (χ0n) is 11.6. The van der Waals surface area contributed by atoms with E-state index in [1.807, 2.05) is 24.0 Å². The van der Waals surface area contributed by atoms with E-state index in [2.05, 4.69) is 30.3 Å². The molecule has 1 unspecified atom stereocenters. The van der Waals surface area contributed by atoms with Gasteiger partial charge in [-0.2, -0.15) is 5.10 Å². The Morgan fingerprint density at radius 1 is 1.47 bits per heavy atom. The topological polar surface area (TPSA) is 29.9 Å². The van der Waals surface area contributed by atoms with Gasteiger partial charge >= 0.3 is 0 Å². The Bertz CT molecular complexity index is 533. The Labute approximate surface area is 123 Å². The van der Waals surface area contributed by atoms with E-state index in [0.29, 0.717) is 6.04 Å². The lowest BCUT2D eigenvalue weighted by Gasteiger charge is -2.17. The van der Waals surface area contributed by atoms with Gasteiger partial charge in [-0.25, -0.2) is 0 Å². The summed E-state index contributed by atoms with van der Waals surface area (Å²) in [5.74, 6) is 0. The van der Waals surface area contributed by atoms with Crippen molar-refractivity contribution < 1.29 is 0 Å². The monoisotopic (exact) mass is 297 g/mol. The minimum absolute atomic E-state index is 0.309. The van der Waals surface area contributed by atoms with Gasteiger partial charge in [-0.1, -0.05) is 18.5 Å². The van der Waals surface area contributed by atoms with Crippen LogP contribution in [0.4, 0.5) is 0 Å². The van der Waals surface area contributed by atoms with Crippen LogP contribution in [0.1, 0.15) is 35.5 Å². The Hall–Kier alpha value is -0.840. The third-order valence-electron chi connectivity index (χ3n) is 3.32. The zero-order valence-corrected chi connectivity index (χ0v) is 13.2. The highest BCUT2D eigenvalue weighted by Crippen LogP contribution is 2.27. The van der Waals surface area contributed by atoms with Gasteiger partial charge in [0, 0.05) is 35.6 Å². The minimum Gasteiger partial charge on any atom is -0.310 e. The number of hydrogen-bond donors (Lipinski definition) is 1. The molecule has 0 aliphatic heterocycles. The summed E-state index contributed by atoms with van der Waals surface area (Å²) in [6.07, 6.45) is 4.06. The van der Waals surface area contributed by atoms with Crippen molar-refractivity contribution >= 4 is 22.9 Å². The summed E-state index contributed by atoms with van der Waals surface area (Å²) in [5.41, 5.74) is 2.50. The fourth-order valence-electron chi connectivity index (χ4n) is 2.13. The summed E-state index contributed by atoms with van der Waals surface area (Å²) in [6.45, 7) is 5.31. The number of nitrogens with zero attached hydrogens (tertiary/aromatic N) is 2. The van der Waals surface area contributed by atoms with Gasteiger partial charge in [0.05, 0.1) is 10.5 Å². The Morgan fingerprint density at radius 3 is 2.79 bits per heavy atom. The summed E-state index contributed by atoms with van der Waals surface area (Å²) < 4.78 is 2.78. The summed E-state index contributed by atoms with van der Waals surface area (Å²) in [5, 5.41) is 7.95. The number of aryl methyl sites for hydroxylation is 1. The van der Waals surface area contributed by atoms with Crippen molar-refractivity contribution in [3.05, 3.63) is 38.8 Å². The van der Waals surface area contributed by atoms with E-state index in [-0.39, 0.29) is 0 Å². The average molecular weight is 298 g/mol. The van der Waals surface area contributed by atoms with Crippen molar-refractivity contribution in [3.8, 4) is 0 Å².